The van der Waals surface area contributed by atoms with E-state index in [0.717, 1.165) is 12.1 Å². The normalized spacial score (nSPS) is 11.6. The summed E-state index contributed by atoms with van der Waals surface area (Å²) in [6, 6.07) is 4.51. The van der Waals surface area contributed by atoms with Gasteiger partial charge in [0.25, 0.3) is 0 Å². The summed E-state index contributed by atoms with van der Waals surface area (Å²) in [5, 5.41) is 8.36. The van der Waals surface area contributed by atoms with Gasteiger partial charge in [-0.2, -0.15) is 13.2 Å². The second-order valence-electron chi connectivity index (χ2n) is 5.88. The van der Waals surface area contributed by atoms with Gasteiger partial charge in [0.15, 0.2) is 5.11 Å². The van der Waals surface area contributed by atoms with Gasteiger partial charge in [0.05, 0.1) is 5.56 Å². The molecule has 1 aromatic rings. The van der Waals surface area contributed by atoms with E-state index in [2.05, 4.69) is 16.0 Å². The second-order valence-corrected chi connectivity index (χ2v) is 6.29. The molecule has 0 unspecified atom stereocenters. The summed E-state index contributed by atoms with van der Waals surface area (Å²) >= 11 is 5.02. The van der Waals surface area contributed by atoms with Crippen LogP contribution in [0, 0.1) is 0 Å². The van der Waals surface area contributed by atoms with E-state index < -0.39 is 23.4 Å². The number of benzene rings is 1. The van der Waals surface area contributed by atoms with E-state index in [1.165, 1.54) is 12.1 Å². The molecular weight excluding hydrogens is 343 g/mol. The lowest BCUT2D eigenvalue weighted by Crippen LogP contribution is -2.39. The maximum atomic E-state index is 12.5. The number of rotatable bonds is 4. The van der Waals surface area contributed by atoms with Crippen molar-refractivity contribution in [2.24, 2.45) is 0 Å². The number of alkyl halides is 3. The van der Waals surface area contributed by atoms with Gasteiger partial charge in [-0.25, -0.2) is 4.79 Å². The van der Waals surface area contributed by atoms with Crippen LogP contribution in [-0.2, 0) is 10.9 Å². The molecule has 134 valence electrons. The van der Waals surface area contributed by atoms with Gasteiger partial charge < -0.3 is 20.7 Å². The van der Waals surface area contributed by atoms with Gasteiger partial charge in [0.1, 0.15) is 5.60 Å². The number of hydrogen-bond acceptors (Lipinski definition) is 3. The Balaban J connectivity index is 2.31. The highest BCUT2D eigenvalue weighted by atomic mass is 32.1. The van der Waals surface area contributed by atoms with Crippen LogP contribution in [0.5, 0.6) is 0 Å². The summed E-state index contributed by atoms with van der Waals surface area (Å²) in [5.41, 5.74) is -0.870. The van der Waals surface area contributed by atoms with Crippen LogP contribution in [0.25, 0.3) is 0 Å². The lowest BCUT2D eigenvalue weighted by atomic mass is 10.2. The van der Waals surface area contributed by atoms with Crippen LogP contribution in [-0.4, -0.2) is 29.9 Å². The Labute approximate surface area is 143 Å². The average Bonchev–Trinajstić information content (AvgIpc) is 2.41. The number of halogens is 3. The fraction of sp³-hybridized carbons (Fsp3) is 0.467. The molecule has 0 radical (unpaired) electrons. The molecule has 0 fully saturated rings. The first-order valence-electron chi connectivity index (χ1n) is 7.16. The fourth-order valence-electron chi connectivity index (χ4n) is 1.57. The number of thiocarbonyl (C=S) groups is 1. The Bertz CT molecular complexity index is 569. The largest absolute Gasteiger partial charge is 0.444 e. The lowest BCUT2D eigenvalue weighted by molar-refractivity contribution is -0.137. The highest BCUT2D eigenvalue weighted by molar-refractivity contribution is 7.80. The van der Waals surface area contributed by atoms with Crippen LogP contribution in [0.2, 0.25) is 0 Å². The van der Waals surface area contributed by atoms with Crippen molar-refractivity contribution in [3.8, 4) is 0 Å². The molecule has 3 N–H and O–H groups in total. The molecule has 0 saturated heterocycles. The molecule has 5 nitrogen and oxygen atoms in total. The highest BCUT2D eigenvalue weighted by Crippen LogP contribution is 2.29. The quantitative estimate of drug-likeness (QED) is 0.564. The van der Waals surface area contributed by atoms with Crippen LogP contribution in [0.15, 0.2) is 24.3 Å². The third-order valence-corrected chi connectivity index (χ3v) is 2.80. The van der Waals surface area contributed by atoms with Gasteiger partial charge in [-0.15, -0.1) is 0 Å². The zero-order chi connectivity index (χ0) is 18.4. The van der Waals surface area contributed by atoms with Gasteiger partial charge in [-0.05, 0) is 57.3 Å². The van der Waals surface area contributed by atoms with Crippen molar-refractivity contribution in [2.75, 3.05) is 18.4 Å². The average molecular weight is 363 g/mol. The zero-order valence-electron chi connectivity index (χ0n) is 13.6. The van der Waals surface area contributed by atoms with Crippen LogP contribution in [0.3, 0.4) is 0 Å². The number of hydrogen-bond donors (Lipinski definition) is 3. The summed E-state index contributed by atoms with van der Waals surface area (Å²) in [6.07, 6.45) is -4.91. The molecule has 0 atom stereocenters. The van der Waals surface area contributed by atoms with Crippen molar-refractivity contribution in [1.82, 2.24) is 10.6 Å². The minimum absolute atomic E-state index is 0.237. The molecule has 0 aliphatic carbocycles. The molecular formula is C15H20F3N3O2S. The topological polar surface area (TPSA) is 62.4 Å². The number of anilines is 1. The van der Waals surface area contributed by atoms with E-state index in [9.17, 15) is 18.0 Å². The number of nitrogens with one attached hydrogen (secondary N) is 3. The van der Waals surface area contributed by atoms with Crippen molar-refractivity contribution in [3.05, 3.63) is 29.8 Å². The molecule has 0 aliphatic heterocycles. The lowest BCUT2D eigenvalue weighted by Gasteiger charge is -2.19. The molecule has 0 spiro atoms. The monoisotopic (exact) mass is 363 g/mol. The van der Waals surface area contributed by atoms with Gasteiger partial charge in [-0.3, -0.25) is 0 Å². The van der Waals surface area contributed by atoms with Crippen molar-refractivity contribution in [3.63, 3.8) is 0 Å². The van der Waals surface area contributed by atoms with Gasteiger partial charge >= 0.3 is 12.3 Å². The van der Waals surface area contributed by atoms with E-state index in [-0.39, 0.29) is 11.7 Å². The number of carbonyl (C=O) groups excluding carboxylic acids is 1. The summed E-state index contributed by atoms with van der Waals surface area (Å²) < 4.78 is 42.4. The van der Waals surface area contributed by atoms with E-state index in [4.69, 9.17) is 17.0 Å². The SMILES string of the molecule is CC(C)(C)OC(=O)NCCNC(=S)Nc1ccc(C(F)(F)F)cc1. The summed E-state index contributed by atoms with van der Waals surface area (Å²) in [4.78, 5) is 11.4. The van der Waals surface area contributed by atoms with Crippen LogP contribution in [0.4, 0.5) is 23.7 Å². The predicted molar refractivity (Wildman–Crippen MR) is 89.9 cm³/mol. The highest BCUT2D eigenvalue weighted by Gasteiger charge is 2.29. The van der Waals surface area contributed by atoms with Gasteiger partial charge in [0.2, 0.25) is 0 Å². The molecule has 9 heteroatoms. The van der Waals surface area contributed by atoms with Crippen LogP contribution >= 0.6 is 12.2 Å². The molecule has 1 amide bonds. The first-order chi connectivity index (χ1) is 11.0. The van der Waals surface area contributed by atoms with E-state index in [1.54, 1.807) is 20.8 Å². The molecule has 24 heavy (non-hydrogen) atoms. The van der Waals surface area contributed by atoms with E-state index in [0.29, 0.717) is 12.2 Å². The second kappa shape index (κ2) is 8.18. The van der Waals surface area contributed by atoms with E-state index in [1.807, 2.05) is 0 Å². The van der Waals surface area contributed by atoms with E-state index >= 15 is 0 Å². The number of carbonyl (C=O) groups is 1. The minimum atomic E-state index is -4.37. The van der Waals surface area contributed by atoms with Crippen molar-refractivity contribution >= 4 is 29.1 Å². The molecule has 0 heterocycles. The third kappa shape index (κ3) is 8.00. The van der Waals surface area contributed by atoms with Crippen molar-refractivity contribution in [2.45, 2.75) is 32.5 Å². The molecule has 0 bridgehead atoms. The fourth-order valence-corrected chi connectivity index (χ4v) is 1.79. The maximum absolute atomic E-state index is 12.5. The Morgan fingerprint density at radius 3 is 2.12 bits per heavy atom. The van der Waals surface area contributed by atoms with Gasteiger partial charge in [0, 0.05) is 18.8 Å². The van der Waals surface area contributed by atoms with Crippen LogP contribution < -0.4 is 16.0 Å². The Morgan fingerprint density at radius 1 is 1.08 bits per heavy atom. The zero-order valence-corrected chi connectivity index (χ0v) is 14.4. The maximum Gasteiger partial charge on any atom is 0.416 e. The Hall–Kier alpha value is -2.03. The standard InChI is InChI=1S/C15H20F3N3O2S/c1-14(2,3)23-13(22)20-9-8-19-12(24)21-11-6-4-10(5-7-11)15(16,17)18/h4-7H,8-9H2,1-3H3,(H,20,22)(H2,19,21,24). The molecule has 0 aliphatic rings. The number of amides is 1. The summed E-state index contributed by atoms with van der Waals surface area (Å²) in [7, 11) is 0. The Kier molecular flexibility index (Phi) is 6.82. The summed E-state index contributed by atoms with van der Waals surface area (Å²) in [5.74, 6) is 0. The molecule has 1 aromatic carbocycles. The minimum Gasteiger partial charge on any atom is -0.444 e. The third-order valence-electron chi connectivity index (χ3n) is 2.55. The molecule has 1 rings (SSSR count). The Morgan fingerprint density at radius 2 is 1.62 bits per heavy atom. The molecule has 0 aromatic heterocycles. The first-order valence-corrected chi connectivity index (χ1v) is 7.57. The van der Waals surface area contributed by atoms with Crippen LogP contribution in [0.1, 0.15) is 26.3 Å². The number of ether oxygens (including phenoxy) is 1. The molecule has 0 saturated carbocycles. The van der Waals surface area contributed by atoms with Crippen molar-refractivity contribution < 1.29 is 22.7 Å². The number of alkyl carbamates (subject to hydrolysis) is 1. The van der Waals surface area contributed by atoms with Crippen molar-refractivity contribution in [1.29, 1.82) is 0 Å². The predicted octanol–water partition coefficient (Wildman–Crippen LogP) is 3.52. The first kappa shape index (κ1) is 20.0. The summed E-state index contributed by atoms with van der Waals surface area (Å²) in [6.45, 7) is 5.89. The van der Waals surface area contributed by atoms with Gasteiger partial charge in [-0.1, -0.05) is 0 Å². The smallest absolute Gasteiger partial charge is 0.416 e.